The van der Waals surface area contributed by atoms with Gasteiger partial charge in [-0.25, -0.2) is 0 Å². The molecule has 6 nitrogen and oxygen atoms in total. The Bertz CT molecular complexity index is 1110. The maximum atomic E-state index is 13.0. The molecule has 1 aliphatic rings. The van der Waals surface area contributed by atoms with Crippen molar-refractivity contribution in [3.8, 4) is 11.5 Å². The zero-order valence-corrected chi connectivity index (χ0v) is 18.7. The number of hydrogen-bond donors (Lipinski definition) is 1. The molecule has 2 amide bonds. The lowest BCUT2D eigenvalue weighted by atomic mass is 10.0. The highest BCUT2D eigenvalue weighted by atomic mass is 16.5. The summed E-state index contributed by atoms with van der Waals surface area (Å²) in [6.07, 6.45) is 0.101. The molecule has 3 aromatic carbocycles. The Morgan fingerprint density at radius 1 is 0.879 bits per heavy atom. The van der Waals surface area contributed by atoms with E-state index in [2.05, 4.69) is 12.1 Å². The van der Waals surface area contributed by atoms with Gasteiger partial charge in [-0.2, -0.15) is 0 Å². The first kappa shape index (κ1) is 22.4. The van der Waals surface area contributed by atoms with Crippen molar-refractivity contribution in [1.82, 2.24) is 9.80 Å². The van der Waals surface area contributed by atoms with Crippen LogP contribution in [0.1, 0.15) is 28.4 Å². The molecule has 6 heteroatoms. The second-order valence-electron chi connectivity index (χ2n) is 8.20. The first-order chi connectivity index (χ1) is 16.0. The molecule has 1 heterocycles. The summed E-state index contributed by atoms with van der Waals surface area (Å²) in [6, 6.07) is 24.3. The first-order valence-electron chi connectivity index (χ1n) is 11.2. The predicted molar refractivity (Wildman–Crippen MR) is 126 cm³/mol. The van der Waals surface area contributed by atoms with Crippen molar-refractivity contribution in [2.24, 2.45) is 0 Å². The molecule has 1 aliphatic heterocycles. The summed E-state index contributed by atoms with van der Waals surface area (Å²) in [7, 11) is 0. The number of phenols is 1. The summed E-state index contributed by atoms with van der Waals surface area (Å²) in [5, 5.41) is 9.62. The van der Waals surface area contributed by atoms with Gasteiger partial charge < -0.3 is 19.6 Å². The van der Waals surface area contributed by atoms with Crippen LogP contribution in [-0.4, -0.2) is 59.0 Å². The van der Waals surface area contributed by atoms with Crippen molar-refractivity contribution < 1.29 is 19.4 Å². The number of aromatic hydroxyl groups is 1. The minimum Gasteiger partial charge on any atom is -0.508 e. The quantitative estimate of drug-likeness (QED) is 0.629. The molecular weight excluding hydrogens is 416 g/mol. The van der Waals surface area contributed by atoms with E-state index in [1.54, 1.807) is 28.9 Å². The number of benzene rings is 3. The van der Waals surface area contributed by atoms with E-state index in [1.165, 1.54) is 17.7 Å². The summed E-state index contributed by atoms with van der Waals surface area (Å²) >= 11 is 0. The summed E-state index contributed by atoms with van der Waals surface area (Å²) < 4.78 is 6.09. The highest BCUT2D eigenvalue weighted by Gasteiger charge is 2.28. The fraction of sp³-hybridized carbons (Fsp3) is 0.259. The van der Waals surface area contributed by atoms with Crippen molar-refractivity contribution >= 4 is 11.8 Å². The first-order valence-corrected chi connectivity index (χ1v) is 11.2. The molecular formula is C27H28N2O4. The van der Waals surface area contributed by atoms with Crippen molar-refractivity contribution in [2.75, 3.05) is 26.2 Å². The van der Waals surface area contributed by atoms with E-state index in [-0.39, 0.29) is 17.6 Å². The lowest BCUT2D eigenvalue weighted by molar-refractivity contribution is -0.139. The second kappa shape index (κ2) is 10.2. The van der Waals surface area contributed by atoms with Crippen LogP contribution < -0.4 is 4.74 Å². The Balaban J connectivity index is 1.35. The van der Waals surface area contributed by atoms with E-state index >= 15 is 0 Å². The van der Waals surface area contributed by atoms with Crippen LogP contribution in [-0.2, 0) is 11.2 Å². The Kier molecular flexibility index (Phi) is 6.93. The van der Waals surface area contributed by atoms with Crippen molar-refractivity contribution in [3.63, 3.8) is 0 Å². The van der Waals surface area contributed by atoms with Crippen LogP contribution in [0.4, 0.5) is 0 Å². The number of carbonyl (C=O) groups excluding carboxylic acids is 2. The molecule has 1 unspecified atom stereocenters. The number of carbonyl (C=O) groups is 2. The molecule has 0 spiro atoms. The number of hydrogen-bond acceptors (Lipinski definition) is 4. The molecule has 1 fully saturated rings. The van der Waals surface area contributed by atoms with Gasteiger partial charge >= 0.3 is 0 Å². The number of piperazine rings is 1. The van der Waals surface area contributed by atoms with Gasteiger partial charge in [-0.05, 0) is 42.3 Å². The maximum Gasteiger partial charge on any atom is 0.263 e. The third-order valence-electron chi connectivity index (χ3n) is 5.83. The predicted octanol–water partition coefficient (Wildman–Crippen LogP) is 3.73. The zero-order valence-electron chi connectivity index (χ0n) is 18.7. The van der Waals surface area contributed by atoms with Crippen molar-refractivity contribution in [1.29, 1.82) is 0 Å². The molecule has 0 bridgehead atoms. The lowest BCUT2D eigenvalue weighted by Crippen LogP contribution is -2.53. The van der Waals surface area contributed by atoms with Gasteiger partial charge in [0, 0.05) is 38.2 Å². The standard InChI is InChI=1S/C27H28N2O4/c1-20(33-25-13-6-5-10-22(25)18-21-8-3-2-4-9-21)26(31)28-14-16-29(17-15-28)27(32)23-11-7-12-24(30)19-23/h2-13,19-20,30H,14-18H2,1H3. The minimum absolute atomic E-state index is 0.0631. The van der Waals surface area contributed by atoms with E-state index in [4.69, 9.17) is 4.74 Å². The third-order valence-corrected chi connectivity index (χ3v) is 5.83. The van der Waals surface area contributed by atoms with Crippen molar-refractivity contribution in [3.05, 3.63) is 95.6 Å². The maximum absolute atomic E-state index is 13.0. The van der Waals surface area contributed by atoms with E-state index in [0.717, 1.165) is 12.0 Å². The van der Waals surface area contributed by atoms with Gasteiger partial charge in [0.2, 0.25) is 0 Å². The number of nitrogens with zero attached hydrogens (tertiary/aromatic N) is 2. The monoisotopic (exact) mass is 444 g/mol. The van der Waals surface area contributed by atoms with Gasteiger partial charge in [0.1, 0.15) is 11.5 Å². The summed E-state index contributed by atoms with van der Waals surface area (Å²) in [4.78, 5) is 29.2. The number of amides is 2. The average Bonchev–Trinajstić information content (AvgIpc) is 2.85. The molecule has 33 heavy (non-hydrogen) atoms. The van der Waals surface area contributed by atoms with Crippen LogP contribution in [0.5, 0.6) is 11.5 Å². The summed E-state index contributed by atoms with van der Waals surface area (Å²) in [5.74, 6) is 0.541. The van der Waals surface area contributed by atoms with Crippen LogP contribution >= 0.6 is 0 Å². The largest absolute Gasteiger partial charge is 0.508 e. The summed E-state index contributed by atoms with van der Waals surface area (Å²) in [5.41, 5.74) is 2.66. The fourth-order valence-electron chi connectivity index (χ4n) is 4.03. The molecule has 1 saturated heterocycles. The van der Waals surface area contributed by atoms with E-state index in [0.29, 0.717) is 37.5 Å². The second-order valence-corrected chi connectivity index (χ2v) is 8.20. The lowest BCUT2D eigenvalue weighted by Gasteiger charge is -2.36. The van der Waals surface area contributed by atoms with Gasteiger partial charge in [0.25, 0.3) is 11.8 Å². The smallest absolute Gasteiger partial charge is 0.263 e. The topological polar surface area (TPSA) is 70.1 Å². The van der Waals surface area contributed by atoms with Crippen LogP contribution in [0.2, 0.25) is 0 Å². The van der Waals surface area contributed by atoms with E-state index in [1.807, 2.05) is 42.5 Å². The molecule has 170 valence electrons. The zero-order chi connectivity index (χ0) is 23.2. The SMILES string of the molecule is CC(Oc1ccccc1Cc1ccccc1)C(=O)N1CCN(C(=O)c2cccc(O)c2)CC1. The molecule has 1 atom stereocenters. The Morgan fingerprint density at radius 3 is 2.27 bits per heavy atom. The molecule has 1 N–H and O–H groups in total. The highest BCUT2D eigenvalue weighted by Crippen LogP contribution is 2.23. The fourth-order valence-corrected chi connectivity index (χ4v) is 4.03. The van der Waals surface area contributed by atoms with Gasteiger partial charge in [0.05, 0.1) is 0 Å². The molecule has 0 aliphatic carbocycles. The molecule has 3 aromatic rings. The summed E-state index contributed by atoms with van der Waals surface area (Å²) in [6.45, 7) is 3.55. The van der Waals surface area contributed by atoms with Crippen LogP contribution in [0.25, 0.3) is 0 Å². The highest BCUT2D eigenvalue weighted by molar-refractivity contribution is 5.94. The van der Waals surface area contributed by atoms with E-state index in [9.17, 15) is 14.7 Å². The van der Waals surface area contributed by atoms with Crippen molar-refractivity contribution in [2.45, 2.75) is 19.4 Å². The van der Waals surface area contributed by atoms with Crippen LogP contribution in [0, 0.1) is 0 Å². The number of rotatable bonds is 6. The van der Waals surface area contributed by atoms with Gasteiger partial charge in [-0.1, -0.05) is 54.6 Å². The Morgan fingerprint density at radius 2 is 1.55 bits per heavy atom. The Hall–Kier alpha value is -3.80. The van der Waals surface area contributed by atoms with Gasteiger partial charge in [-0.15, -0.1) is 0 Å². The van der Waals surface area contributed by atoms with Crippen LogP contribution in [0.15, 0.2) is 78.9 Å². The third kappa shape index (κ3) is 5.52. The average molecular weight is 445 g/mol. The normalized spacial score (nSPS) is 14.6. The Labute approximate surface area is 194 Å². The molecule has 0 radical (unpaired) electrons. The number of phenolic OH excluding ortho intramolecular Hbond substituents is 1. The minimum atomic E-state index is -0.629. The van der Waals surface area contributed by atoms with Crippen LogP contribution in [0.3, 0.4) is 0 Å². The number of ether oxygens (including phenoxy) is 1. The molecule has 0 saturated carbocycles. The number of para-hydroxylation sites is 1. The molecule has 0 aromatic heterocycles. The molecule has 4 rings (SSSR count). The van der Waals surface area contributed by atoms with Gasteiger partial charge in [-0.3, -0.25) is 9.59 Å². The van der Waals surface area contributed by atoms with E-state index < -0.39 is 6.10 Å². The van der Waals surface area contributed by atoms with Gasteiger partial charge in [0.15, 0.2) is 6.10 Å².